The summed E-state index contributed by atoms with van der Waals surface area (Å²) in [6.45, 7) is 0. The van der Waals surface area contributed by atoms with E-state index in [2.05, 4.69) is 95.9 Å². The first-order valence-corrected chi connectivity index (χ1v) is 8.14. The van der Waals surface area contributed by atoms with Crippen LogP contribution in [0.3, 0.4) is 0 Å². The molecule has 3 aromatic carbocycles. The molecule has 1 heteroatoms. The molecule has 0 saturated carbocycles. The summed E-state index contributed by atoms with van der Waals surface area (Å²) in [4.78, 5) is 2.48. The molecule has 1 heterocycles. The van der Waals surface area contributed by atoms with E-state index in [0.29, 0.717) is 12.0 Å². The van der Waals surface area contributed by atoms with E-state index < -0.39 is 0 Å². The van der Waals surface area contributed by atoms with Crippen molar-refractivity contribution in [3.63, 3.8) is 0 Å². The number of hydrogen-bond acceptors (Lipinski definition) is 1. The van der Waals surface area contributed by atoms with Gasteiger partial charge in [0.2, 0.25) is 0 Å². The fraction of sp³-hybridized carbons (Fsp3) is 0.0909. The second-order valence-corrected chi connectivity index (χ2v) is 6.22. The third-order valence-corrected chi connectivity index (χ3v) is 5.01. The lowest BCUT2D eigenvalue weighted by atomic mass is 9.81. The van der Waals surface area contributed by atoms with Crippen LogP contribution in [0.1, 0.15) is 22.6 Å². The normalized spacial score (nSPS) is 20.8. The highest BCUT2D eigenvalue weighted by Crippen LogP contribution is 2.50. The van der Waals surface area contributed by atoms with E-state index in [-0.39, 0.29) is 0 Å². The van der Waals surface area contributed by atoms with Crippen LogP contribution in [0, 0.1) is 0 Å². The molecule has 0 aromatic heterocycles. The van der Waals surface area contributed by atoms with Crippen LogP contribution in [0.4, 0.5) is 11.4 Å². The van der Waals surface area contributed by atoms with Gasteiger partial charge in [0, 0.05) is 17.3 Å². The first-order chi connectivity index (χ1) is 11.4. The number of nitrogens with zero attached hydrogens (tertiary/aromatic N) is 1. The van der Waals surface area contributed by atoms with Crippen LogP contribution in [0.5, 0.6) is 0 Å². The minimum atomic E-state index is 0.352. The van der Waals surface area contributed by atoms with Gasteiger partial charge in [0.25, 0.3) is 0 Å². The van der Waals surface area contributed by atoms with Gasteiger partial charge in [-0.3, -0.25) is 0 Å². The molecule has 5 rings (SSSR count). The second kappa shape index (κ2) is 4.85. The van der Waals surface area contributed by atoms with Gasteiger partial charge in [0.1, 0.15) is 0 Å². The third-order valence-electron chi connectivity index (χ3n) is 5.01. The van der Waals surface area contributed by atoms with E-state index in [0.717, 1.165) is 0 Å². The smallest absolute Gasteiger partial charge is 0.0635 e. The minimum Gasteiger partial charge on any atom is -0.333 e. The Bertz CT molecular complexity index is 880. The number of rotatable bonds is 1. The minimum absolute atomic E-state index is 0.352. The lowest BCUT2D eigenvalue weighted by Crippen LogP contribution is -2.30. The summed E-state index contributed by atoms with van der Waals surface area (Å²) in [6, 6.07) is 28.7. The molecule has 2 unspecified atom stereocenters. The van der Waals surface area contributed by atoms with Crippen LogP contribution in [0.15, 0.2) is 84.9 Å². The van der Waals surface area contributed by atoms with Crippen molar-refractivity contribution >= 4 is 17.5 Å². The largest absolute Gasteiger partial charge is 0.333 e. The molecular formula is C22H17N. The molecular weight excluding hydrogens is 278 g/mol. The van der Waals surface area contributed by atoms with Crippen molar-refractivity contribution in [2.75, 3.05) is 4.90 Å². The van der Waals surface area contributed by atoms with Gasteiger partial charge >= 0.3 is 0 Å². The first kappa shape index (κ1) is 12.7. The summed E-state index contributed by atoms with van der Waals surface area (Å²) < 4.78 is 0. The maximum Gasteiger partial charge on any atom is 0.0635 e. The fourth-order valence-corrected chi connectivity index (χ4v) is 4.06. The van der Waals surface area contributed by atoms with Crippen LogP contribution >= 0.6 is 0 Å². The monoisotopic (exact) mass is 295 g/mol. The average Bonchev–Trinajstić information content (AvgIpc) is 2.97. The molecule has 23 heavy (non-hydrogen) atoms. The molecule has 3 aromatic rings. The SMILES string of the molecule is C1=CC2C(c3ccccc31)c1ccccc1N2c1ccccc1. The van der Waals surface area contributed by atoms with Gasteiger partial charge in [-0.2, -0.15) is 0 Å². The number of benzene rings is 3. The Morgan fingerprint density at radius 2 is 1.35 bits per heavy atom. The molecule has 110 valence electrons. The van der Waals surface area contributed by atoms with E-state index in [9.17, 15) is 0 Å². The number of anilines is 2. The van der Waals surface area contributed by atoms with Crippen molar-refractivity contribution in [3.8, 4) is 0 Å². The zero-order valence-corrected chi connectivity index (χ0v) is 12.8. The zero-order valence-electron chi connectivity index (χ0n) is 12.8. The summed E-state index contributed by atoms with van der Waals surface area (Å²) in [5, 5.41) is 0. The Hall–Kier alpha value is -2.80. The summed E-state index contributed by atoms with van der Waals surface area (Å²) in [7, 11) is 0. The van der Waals surface area contributed by atoms with Crippen LogP contribution in [0.2, 0.25) is 0 Å². The maximum absolute atomic E-state index is 2.48. The van der Waals surface area contributed by atoms with Gasteiger partial charge in [-0.05, 0) is 34.9 Å². The van der Waals surface area contributed by atoms with Crippen LogP contribution in [0.25, 0.3) is 6.08 Å². The van der Waals surface area contributed by atoms with E-state index in [1.807, 2.05) is 0 Å². The van der Waals surface area contributed by atoms with E-state index in [4.69, 9.17) is 0 Å². The van der Waals surface area contributed by atoms with Gasteiger partial charge in [-0.15, -0.1) is 0 Å². The van der Waals surface area contributed by atoms with Crippen LogP contribution < -0.4 is 4.90 Å². The van der Waals surface area contributed by atoms with Gasteiger partial charge in [0.05, 0.1) is 6.04 Å². The number of fused-ring (bicyclic) bond motifs is 5. The van der Waals surface area contributed by atoms with Gasteiger partial charge in [-0.1, -0.05) is 72.8 Å². The molecule has 1 aliphatic heterocycles. The Balaban J connectivity index is 1.75. The highest BCUT2D eigenvalue weighted by molar-refractivity contribution is 5.79. The van der Waals surface area contributed by atoms with Gasteiger partial charge in [-0.25, -0.2) is 0 Å². The summed E-state index contributed by atoms with van der Waals surface area (Å²) in [6.07, 6.45) is 4.64. The highest BCUT2D eigenvalue weighted by Gasteiger charge is 2.40. The summed E-state index contributed by atoms with van der Waals surface area (Å²) in [5.74, 6) is 0.410. The second-order valence-electron chi connectivity index (χ2n) is 6.22. The molecule has 0 bridgehead atoms. The van der Waals surface area contributed by atoms with Crippen LogP contribution in [-0.2, 0) is 0 Å². The van der Waals surface area contributed by atoms with Crippen LogP contribution in [-0.4, -0.2) is 6.04 Å². The Morgan fingerprint density at radius 3 is 2.22 bits per heavy atom. The quantitative estimate of drug-likeness (QED) is 0.583. The molecule has 0 amide bonds. The van der Waals surface area contributed by atoms with E-state index in [1.54, 1.807) is 0 Å². The first-order valence-electron chi connectivity index (χ1n) is 8.14. The van der Waals surface area contributed by atoms with Crippen molar-refractivity contribution in [1.29, 1.82) is 0 Å². The standard InChI is InChI=1S/C22H17N/c1-2-9-17(10-3-1)23-20-13-7-6-12-19(20)22-18-11-5-4-8-16(18)14-15-21(22)23/h1-15,21-22H. The molecule has 0 fully saturated rings. The van der Waals surface area contributed by atoms with Crippen molar-refractivity contribution in [2.45, 2.75) is 12.0 Å². The van der Waals surface area contributed by atoms with Gasteiger partial charge < -0.3 is 4.90 Å². The molecule has 0 N–H and O–H groups in total. The predicted octanol–water partition coefficient (Wildman–Crippen LogP) is 5.37. The lowest BCUT2D eigenvalue weighted by Gasteiger charge is -2.31. The van der Waals surface area contributed by atoms with Crippen molar-refractivity contribution in [1.82, 2.24) is 0 Å². The molecule has 2 aliphatic rings. The fourth-order valence-electron chi connectivity index (χ4n) is 4.06. The third kappa shape index (κ3) is 1.80. The molecule has 1 aliphatic carbocycles. The highest BCUT2D eigenvalue weighted by atomic mass is 15.2. The molecule has 1 nitrogen and oxygen atoms in total. The maximum atomic E-state index is 2.48. The van der Waals surface area contributed by atoms with Crippen molar-refractivity contribution in [3.05, 3.63) is 102 Å². The van der Waals surface area contributed by atoms with Crippen molar-refractivity contribution in [2.24, 2.45) is 0 Å². The molecule has 2 atom stereocenters. The lowest BCUT2D eigenvalue weighted by molar-refractivity contribution is 0.724. The number of para-hydroxylation sites is 2. The molecule has 0 spiro atoms. The molecule has 0 saturated heterocycles. The number of hydrogen-bond donors (Lipinski definition) is 0. The summed E-state index contributed by atoms with van der Waals surface area (Å²) in [5.41, 5.74) is 6.80. The predicted molar refractivity (Wildman–Crippen MR) is 96.1 cm³/mol. The molecule has 0 radical (unpaired) electrons. The van der Waals surface area contributed by atoms with Crippen molar-refractivity contribution < 1.29 is 0 Å². The van der Waals surface area contributed by atoms with E-state index in [1.165, 1.54) is 28.1 Å². The van der Waals surface area contributed by atoms with E-state index >= 15 is 0 Å². The zero-order chi connectivity index (χ0) is 15.2. The Morgan fingerprint density at radius 1 is 0.652 bits per heavy atom. The van der Waals surface area contributed by atoms with Gasteiger partial charge in [0.15, 0.2) is 0 Å². The summed E-state index contributed by atoms with van der Waals surface area (Å²) >= 11 is 0. The topological polar surface area (TPSA) is 3.24 Å². The Labute approximate surface area is 136 Å². The average molecular weight is 295 g/mol. The Kier molecular flexibility index (Phi) is 2.68.